The molecule has 0 saturated heterocycles. The van der Waals surface area contributed by atoms with E-state index in [4.69, 9.17) is 10.5 Å². The number of rotatable bonds is 4. The Kier molecular flexibility index (Phi) is 4.31. The zero-order chi connectivity index (χ0) is 14.7. The molecule has 0 aromatic heterocycles. The largest absolute Gasteiger partial charge is 0.241 e. The van der Waals surface area contributed by atoms with Crippen LogP contribution in [0.15, 0.2) is 29.2 Å². The maximum Gasteiger partial charge on any atom is 0.241 e. The summed E-state index contributed by atoms with van der Waals surface area (Å²) in [6, 6.07) is 9.44. The van der Waals surface area contributed by atoms with Crippen LogP contribution in [0.1, 0.15) is 26.3 Å². The molecule has 0 aliphatic rings. The Morgan fingerprint density at radius 1 is 1.21 bits per heavy atom. The highest BCUT2D eigenvalue weighted by molar-refractivity contribution is 7.89. The fourth-order valence-electron chi connectivity index (χ4n) is 1.32. The fraction of sp³-hybridized carbons (Fsp3) is 0.385. The lowest BCUT2D eigenvalue weighted by Gasteiger charge is -2.26. The Hall–Kier alpha value is -1.89. The maximum absolute atomic E-state index is 12.2. The average molecular weight is 277 g/mol. The number of nitriles is 2. The average Bonchev–Trinajstić information content (AvgIpc) is 2.38. The van der Waals surface area contributed by atoms with Crippen molar-refractivity contribution in [3.8, 4) is 12.1 Å². The zero-order valence-electron chi connectivity index (χ0n) is 11.0. The van der Waals surface area contributed by atoms with Crippen molar-refractivity contribution in [1.82, 2.24) is 4.72 Å². The molecule has 0 unspecified atom stereocenters. The van der Waals surface area contributed by atoms with Gasteiger partial charge < -0.3 is 0 Å². The number of hydrogen-bond donors (Lipinski definition) is 1. The molecule has 5 nitrogen and oxygen atoms in total. The van der Waals surface area contributed by atoms with Crippen LogP contribution >= 0.6 is 0 Å². The highest BCUT2D eigenvalue weighted by atomic mass is 32.2. The van der Waals surface area contributed by atoms with Crippen LogP contribution in [0.5, 0.6) is 0 Å². The van der Waals surface area contributed by atoms with Crippen LogP contribution in [-0.2, 0) is 10.0 Å². The molecule has 0 spiro atoms. The van der Waals surface area contributed by atoms with Gasteiger partial charge in [-0.2, -0.15) is 15.2 Å². The number of nitrogens with zero attached hydrogens (tertiary/aromatic N) is 2. The number of nitrogens with one attached hydrogen (secondary N) is 1. The van der Waals surface area contributed by atoms with E-state index in [-0.39, 0.29) is 10.8 Å². The molecule has 0 radical (unpaired) electrons. The molecule has 1 rings (SSSR count). The third-order valence-electron chi connectivity index (χ3n) is 3.03. The van der Waals surface area contributed by atoms with Gasteiger partial charge in [0.25, 0.3) is 0 Å². The Balaban J connectivity index is 3.12. The Labute approximate surface area is 113 Å². The second kappa shape index (κ2) is 5.40. The first kappa shape index (κ1) is 15.2. The monoisotopic (exact) mass is 277 g/mol. The van der Waals surface area contributed by atoms with E-state index >= 15 is 0 Å². The fourth-order valence-corrected chi connectivity index (χ4v) is 2.77. The molecule has 0 bridgehead atoms. The van der Waals surface area contributed by atoms with Gasteiger partial charge in [0.2, 0.25) is 10.0 Å². The van der Waals surface area contributed by atoms with Crippen molar-refractivity contribution >= 4 is 10.0 Å². The zero-order valence-corrected chi connectivity index (χ0v) is 11.8. The Morgan fingerprint density at radius 3 is 2.11 bits per heavy atom. The van der Waals surface area contributed by atoms with E-state index in [1.165, 1.54) is 24.3 Å². The highest BCUT2D eigenvalue weighted by Crippen LogP contribution is 2.19. The van der Waals surface area contributed by atoms with E-state index in [0.29, 0.717) is 5.56 Å². The second-order valence-corrected chi connectivity index (χ2v) is 6.39. The van der Waals surface area contributed by atoms with Gasteiger partial charge in [-0.15, -0.1) is 0 Å². The molecule has 0 aliphatic heterocycles. The van der Waals surface area contributed by atoms with Gasteiger partial charge in [0.15, 0.2) is 0 Å². The van der Waals surface area contributed by atoms with Gasteiger partial charge in [-0.25, -0.2) is 8.42 Å². The normalized spacial score (nSPS) is 14.4. The Bertz CT molecular complexity index is 636. The predicted octanol–water partition coefficient (Wildman–Crippen LogP) is 1.77. The molecule has 0 saturated carbocycles. The van der Waals surface area contributed by atoms with Crippen LogP contribution in [0, 0.1) is 28.6 Å². The summed E-state index contributed by atoms with van der Waals surface area (Å²) in [5, 5.41) is 17.8. The molecule has 0 heterocycles. The van der Waals surface area contributed by atoms with Crippen LogP contribution in [-0.4, -0.2) is 14.0 Å². The van der Waals surface area contributed by atoms with E-state index in [2.05, 4.69) is 4.72 Å². The molecule has 1 N–H and O–H groups in total. The van der Waals surface area contributed by atoms with Crippen molar-refractivity contribution in [3.05, 3.63) is 29.8 Å². The van der Waals surface area contributed by atoms with Crippen LogP contribution in [0.3, 0.4) is 0 Å². The summed E-state index contributed by atoms with van der Waals surface area (Å²) >= 11 is 0. The van der Waals surface area contributed by atoms with Gasteiger partial charge in [0, 0.05) is 0 Å². The maximum atomic E-state index is 12.2. The summed E-state index contributed by atoms with van der Waals surface area (Å²) < 4.78 is 26.7. The van der Waals surface area contributed by atoms with Gasteiger partial charge >= 0.3 is 0 Å². The lowest BCUT2D eigenvalue weighted by atomic mass is 9.92. The molecule has 6 heteroatoms. The molecule has 0 amide bonds. The number of sulfonamides is 1. The first-order valence-electron chi connectivity index (χ1n) is 5.70. The van der Waals surface area contributed by atoms with E-state index < -0.39 is 15.6 Å². The van der Waals surface area contributed by atoms with Crippen LogP contribution in [0.4, 0.5) is 0 Å². The van der Waals surface area contributed by atoms with Crippen molar-refractivity contribution in [2.24, 2.45) is 5.92 Å². The molecule has 1 aromatic carbocycles. The lowest BCUT2D eigenvalue weighted by molar-refractivity contribution is 0.389. The van der Waals surface area contributed by atoms with Crippen molar-refractivity contribution in [3.63, 3.8) is 0 Å². The molecular formula is C13H15N3O2S. The highest BCUT2D eigenvalue weighted by Gasteiger charge is 2.33. The van der Waals surface area contributed by atoms with Crippen LogP contribution in [0.2, 0.25) is 0 Å². The molecule has 0 aliphatic carbocycles. The van der Waals surface area contributed by atoms with E-state index in [1.54, 1.807) is 20.8 Å². The van der Waals surface area contributed by atoms with Gasteiger partial charge in [0.05, 0.1) is 22.6 Å². The quantitative estimate of drug-likeness (QED) is 0.907. The first-order valence-corrected chi connectivity index (χ1v) is 7.19. The van der Waals surface area contributed by atoms with Gasteiger partial charge in [-0.1, -0.05) is 13.8 Å². The minimum absolute atomic E-state index is 0.0358. The summed E-state index contributed by atoms with van der Waals surface area (Å²) in [5.41, 5.74) is -0.793. The smallest absolute Gasteiger partial charge is 0.207 e. The second-order valence-electron chi connectivity index (χ2n) is 4.71. The lowest BCUT2D eigenvalue weighted by Crippen LogP contribution is -2.48. The van der Waals surface area contributed by atoms with Gasteiger partial charge in [-0.05, 0) is 37.1 Å². The van der Waals surface area contributed by atoms with E-state index in [1.807, 2.05) is 12.1 Å². The number of benzene rings is 1. The van der Waals surface area contributed by atoms with Crippen molar-refractivity contribution in [1.29, 1.82) is 10.5 Å². The molecule has 1 atom stereocenters. The van der Waals surface area contributed by atoms with Crippen LogP contribution in [0.25, 0.3) is 0 Å². The van der Waals surface area contributed by atoms with Gasteiger partial charge in [-0.3, -0.25) is 0 Å². The minimum atomic E-state index is -3.78. The predicted molar refractivity (Wildman–Crippen MR) is 70.3 cm³/mol. The minimum Gasteiger partial charge on any atom is -0.207 e. The molecule has 0 fully saturated rings. The standard InChI is InChI=1S/C13H15N3O2S/c1-10(2)13(3,9-15)16-19(17,18)12-6-4-11(8-14)5-7-12/h4-7,10,16H,1-3H3/t13-/m0/s1. The van der Waals surface area contributed by atoms with E-state index in [0.717, 1.165) is 0 Å². The summed E-state index contributed by atoms with van der Waals surface area (Å²) in [6.45, 7) is 5.08. The van der Waals surface area contributed by atoms with Crippen molar-refractivity contribution < 1.29 is 8.42 Å². The topological polar surface area (TPSA) is 93.8 Å². The summed E-state index contributed by atoms with van der Waals surface area (Å²) in [4.78, 5) is 0.0358. The Morgan fingerprint density at radius 2 is 1.74 bits per heavy atom. The third-order valence-corrected chi connectivity index (χ3v) is 4.61. The van der Waals surface area contributed by atoms with Crippen molar-refractivity contribution in [2.45, 2.75) is 31.2 Å². The SMILES string of the molecule is CC(C)[C@](C)(C#N)NS(=O)(=O)c1ccc(C#N)cc1. The summed E-state index contributed by atoms with van der Waals surface area (Å²) in [5.74, 6) is -0.175. The first-order chi connectivity index (χ1) is 8.75. The molecule has 19 heavy (non-hydrogen) atoms. The van der Waals surface area contributed by atoms with E-state index in [9.17, 15) is 8.42 Å². The summed E-state index contributed by atoms with van der Waals surface area (Å²) in [6.07, 6.45) is 0. The molecule has 1 aromatic rings. The van der Waals surface area contributed by atoms with Gasteiger partial charge in [0.1, 0.15) is 5.54 Å². The van der Waals surface area contributed by atoms with Crippen molar-refractivity contribution in [2.75, 3.05) is 0 Å². The van der Waals surface area contributed by atoms with Crippen LogP contribution < -0.4 is 4.72 Å². The summed E-state index contributed by atoms with van der Waals surface area (Å²) in [7, 11) is -3.78. The third kappa shape index (κ3) is 3.31. The number of hydrogen-bond acceptors (Lipinski definition) is 4. The molecular weight excluding hydrogens is 262 g/mol. The molecule has 100 valence electrons.